The van der Waals surface area contributed by atoms with Crippen LogP contribution in [0.15, 0.2) is 54.2 Å². The molecule has 5 heteroatoms. The Kier molecular flexibility index (Phi) is 5.62. The Morgan fingerprint density at radius 1 is 0.833 bits per heavy atom. The van der Waals surface area contributed by atoms with Crippen LogP contribution in [-0.4, -0.2) is 36.9 Å². The van der Waals surface area contributed by atoms with Crippen LogP contribution in [0.1, 0.15) is 50.2 Å². The van der Waals surface area contributed by atoms with Gasteiger partial charge in [0.05, 0.1) is 18.4 Å². The average Bonchev–Trinajstić information content (AvgIpc) is 3.04. The van der Waals surface area contributed by atoms with Crippen molar-refractivity contribution in [2.45, 2.75) is 39.0 Å². The third-order valence-electron chi connectivity index (χ3n) is 5.93. The Morgan fingerprint density at radius 3 is 2.03 bits per heavy atom. The fraction of sp³-hybridized carbons (Fsp3) is 0.360. The molecule has 2 aromatic rings. The van der Waals surface area contributed by atoms with Crippen molar-refractivity contribution in [1.29, 1.82) is 0 Å². The number of anilines is 1. The number of benzene rings is 2. The minimum Gasteiger partial charge on any atom is -0.497 e. The summed E-state index contributed by atoms with van der Waals surface area (Å²) in [6.07, 6.45) is 3.22. The van der Waals surface area contributed by atoms with E-state index in [2.05, 4.69) is 18.7 Å². The lowest BCUT2D eigenvalue weighted by molar-refractivity contribution is -0.120. The molecular formula is C25H28N2O3. The number of hydrogen-bond donors (Lipinski definition) is 0. The fourth-order valence-corrected chi connectivity index (χ4v) is 4.19. The van der Waals surface area contributed by atoms with Gasteiger partial charge >= 0.3 is 0 Å². The Balaban J connectivity index is 1.76. The van der Waals surface area contributed by atoms with Crippen LogP contribution in [0.4, 0.5) is 5.69 Å². The third kappa shape index (κ3) is 3.60. The van der Waals surface area contributed by atoms with E-state index in [4.69, 9.17) is 4.74 Å². The molecule has 1 fully saturated rings. The van der Waals surface area contributed by atoms with Crippen molar-refractivity contribution in [3.8, 4) is 5.75 Å². The summed E-state index contributed by atoms with van der Waals surface area (Å²) in [5.74, 6) is 0.616. The molecule has 2 aliphatic heterocycles. The zero-order valence-electron chi connectivity index (χ0n) is 17.9. The number of carbonyl (C=O) groups is 2. The summed E-state index contributed by atoms with van der Waals surface area (Å²) >= 11 is 0. The topological polar surface area (TPSA) is 49.9 Å². The van der Waals surface area contributed by atoms with Crippen LogP contribution in [0.2, 0.25) is 0 Å². The second-order valence-electron chi connectivity index (χ2n) is 8.19. The third-order valence-corrected chi connectivity index (χ3v) is 5.93. The number of hydrogen-bond acceptors (Lipinski definition) is 4. The van der Waals surface area contributed by atoms with Gasteiger partial charge in [0.2, 0.25) is 0 Å². The van der Waals surface area contributed by atoms with E-state index in [1.165, 1.54) is 10.5 Å². The molecule has 2 heterocycles. The molecule has 0 spiro atoms. The number of likely N-dealkylation sites (tertiary alicyclic amines) is 1. The van der Waals surface area contributed by atoms with E-state index in [9.17, 15) is 9.59 Å². The summed E-state index contributed by atoms with van der Waals surface area (Å²) in [7, 11) is 1.61. The highest BCUT2D eigenvalue weighted by Gasteiger charge is 2.42. The lowest BCUT2D eigenvalue weighted by Gasteiger charge is -2.29. The Hall–Kier alpha value is -3.08. The number of nitrogens with zero attached hydrogens (tertiary/aromatic N) is 2. The predicted octanol–water partition coefficient (Wildman–Crippen LogP) is 4.59. The molecule has 5 nitrogen and oxygen atoms in total. The van der Waals surface area contributed by atoms with Gasteiger partial charge in [0.25, 0.3) is 11.8 Å². The van der Waals surface area contributed by atoms with Gasteiger partial charge in [-0.3, -0.25) is 9.59 Å². The number of imide groups is 1. The highest BCUT2D eigenvalue weighted by atomic mass is 16.5. The van der Waals surface area contributed by atoms with Gasteiger partial charge < -0.3 is 9.64 Å². The molecule has 156 valence electrons. The summed E-state index contributed by atoms with van der Waals surface area (Å²) in [4.78, 5) is 30.5. The first-order valence-electron chi connectivity index (χ1n) is 10.6. The normalized spacial score (nSPS) is 17.3. The molecule has 4 rings (SSSR count). The molecule has 0 atom stereocenters. The van der Waals surface area contributed by atoms with E-state index in [0.717, 1.165) is 43.7 Å². The lowest BCUT2D eigenvalue weighted by atomic mass is 10.0. The summed E-state index contributed by atoms with van der Waals surface area (Å²) in [6, 6.07) is 15.1. The molecular weight excluding hydrogens is 376 g/mol. The maximum Gasteiger partial charge on any atom is 0.282 e. The fourth-order valence-electron chi connectivity index (χ4n) is 4.19. The minimum absolute atomic E-state index is 0.231. The van der Waals surface area contributed by atoms with E-state index >= 15 is 0 Å². The Bertz CT molecular complexity index is 968. The number of methoxy groups -OCH3 is 1. The van der Waals surface area contributed by atoms with Gasteiger partial charge in [-0.2, -0.15) is 0 Å². The van der Waals surface area contributed by atoms with E-state index in [-0.39, 0.29) is 11.8 Å². The van der Waals surface area contributed by atoms with E-state index in [1.807, 2.05) is 48.5 Å². The van der Waals surface area contributed by atoms with Gasteiger partial charge in [-0.25, -0.2) is 4.90 Å². The van der Waals surface area contributed by atoms with Crippen molar-refractivity contribution in [1.82, 2.24) is 4.90 Å². The Labute approximate surface area is 177 Å². The van der Waals surface area contributed by atoms with Crippen molar-refractivity contribution in [2.75, 3.05) is 25.1 Å². The largest absolute Gasteiger partial charge is 0.497 e. The molecule has 0 aliphatic carbocycles. The van der Waals surface area contributed by atoms with Gasteiger partial charge in [0, 0.05) is 13.1 Å². The van der Waals surface area contributed by atoms with Crippen LogP contribution < -0.4 is 9.64 Å². The van der Waals surface area contributed by atoms with Crippen LogP contribution in [0.5, 0.6) is 5.75 Å². The number of rotatable bonds is 5. The van der Waals surface area contributed by atoms with Crippen molar-refractivity contribution in [2.24, 2.45) is 0 Å². The van der Waals surface area contributed by atoms with Gasteiger partial charge in [0.15, 0.2) is 0 Å². The summed E-state index contributed by atoms with van der Waals surface area (Å²) in [5.41, 5.74) is 3.55. The monoisotopic (exact) mass is 404 g/mol. The first-order chi connectivity index (χ1) is 14.5. The predicted molar refractivity (Wildman–Crippen MR) is 118 cm³/mol. The highest BCUT2D eigenvalue weighted by Crippen LogP contribution is 2.36. The quantitative estimate of drug-likeness (QED) is 0.684. The SMILES string of the molecule is COc1ccc(C2=C(N3CCCCC3)C(=O)N(c3ccc(C(C)C)cc3)C2=O)cc1. The van der Waals surface area contributed by atoms with Crippen LogP contribution >= 0.6 is 0 Å². The van der Waals surface area contributed by atoms with E-state index in [0.29, 0.717) is 22.9 Å². The molecule has 0 unspecified atom stereocenters. The van der Waals surface area contributed by atoms with Crippen LogP contribution in [-0.2, 0) is 9.59 Å². The van der Waals surface area contributed by atoms with E-state index < -0.39 is 0 Å². The summed E-state index contributed by atoms with van der Waals surface area (Å²) in [5, 5.41) is 0. The van der Waals surface area contributed by atoms with Crippen LogP contribution in [0.3, 0.4) is 0 Å². The minimum atomic E-state index is -0.261. The maximum absolute atomic E-state index is 13.5. The molecule has 0 radical (unpaired) electrons. The Morgan fingerprint density at radius 2 is 1.47 bits per heavy atom. The number of carbonyl (C=O) groups excluding carboxylic acids is 2. The number of ether oxygens (including phenoxy) is 1. The molecule has 2 aromatic carbocycles. The highest BCUT2D eigenvalue weighted by molar-refractivity contribution is 6.45. The molecule has 0 saturated carbocycles. The molecule has 2 amide bonds. The average molecular weight is 405 g/mol. The van der Waals surface area contributed by atoms with Crippen molar-refractivity contribution in [3.05, 3.63) is 65.4 Å². The molecule has 1 saturated heterocycles. The van der Waals surface area contributed by atoms with E-state index in [1.54, 1.807) is 7.11 Å². The number of piperidine rings is 1. The molecule has 0 N–H and O–H groups in total. The van der Waals surface area contributed by atoms with Gasteiger partial charge in [-0.1, -0.05) is 38.1 Å². The molecule has 0 bridgehead atoms. The van der Waals surface area contributed by atoms with Gasteiger partial charge in [-0.05, 0) is 60.6 Å². The smallest absolute Gasteiger partial charge is 0.282 e. The molecule has 0 aromatic heterocycles. The second-order valence-corrected chi connectivity index (χ2v) is 8.19. The maximum atomic E-state index is 13.5. The van der Waals surface area contributed by atoms with Crippen molar-refractivity contribution in [3.63, 3.8) is 0 Å². The first kappa shape index (κ1) is 20.2. The number of amides is 2. The zero-order valence-corrected chi connectivity index (χ0v) is 17.9. The molecule has 2 aliphatic rings. The van der Waals surface area contributed by atoms with Gasteiger partial charge in [0.1, 0.15) is 11.4 Å². The zero-order chi connectivity index (χ0) is 21.3. The van der Waals surface area contributed by atoms with Crippen molar-refractivity contribution < 1.29 is 14.3 Å². The van der Waals surface area contributed by atoms with Crippen LogP contribution in [0.25, 0.3) is 5.57 Å². The van der Waals surface area contributed by atoms with Gasteiger partial charge in [-0.15, -0.1) is 0 Å². The second kappa shape index (κ2) is 8.34. The standard InChI is InChI=1S/C25H28N2O3/c1-17(2)18-7-11-20(12-8-18)27-24(28)22(19-9-13-21(30-3)14-10-19)23(25(27)29)26-15-5-4-6-16-26/h7-14,17H,4-6,15-16H2,1-3H3. The summed E-state index contributed by atoms with van der Waals surface area (Å²) < 4.78 is 5.26. The van der Waals surface area contributed by atoms with Crippen molar-refractivity contribution >= 4 is 23.1 Å². The lowest BCUT2D eigenvalue weighted by Crippen LogP contribution is -2.37. The molecule has 30 heavy (non-hydrogen) atoms. The first-order valence-corrected chi connectivity index (χ1v) is 10.6. The summed E-state index contributed by atoms with van der Waals surface area (Å²) in [6.45, 7) is 5.85. The van der Waals surface area contributed by atoms with Crippen LogP contribution in [0, 0.1) is 0 Å².